The van der Waals surface area contributed by atoms with Crippen LogP contribution in [0.5, 0.6) is 0 Å². The van der Waals surface area contributed by atoms with Crippen molar-refractivity contribution in [2.75, 3.05) is 7.11 Å². The highest BCUT2D eigenvalue weighted by Crippen LogP contribution is 2.16. The molecule has 26 heavy (non-hydrogen) atoms. The summed E-state index contributed by atoms with van der Waals surface area (Å²) in [5.74, 6) is -0.911. The Morgan fingerprint density at radius 1 is 1.00 bits per heavy atom. The smallest absolute Gasteiger partial charge is 0.287 e. The van der Waals surface area contributed by atoms with E-state index in [0.717, 1.165) is 11.1 Å². The van der Waals surface area contributed by atoms with Gasteiger partial charge in [-0.25, -0.2) is 0 Å². The molecule has 1 heterocycles. The largest absolute Gasteiger partial charge is 0.380 e. The summed E-state index contributed by atoms with van der Waals surface area (Å²) < 4.78 is 5.08. The second kappa shape index (κ2) is 8.09. The van der Waals surface area contributed by atoms with Crippen molar-refractivity contribution < 1.29 is 14.3 Å². The summed E-state index contributed by atoms with van der Waals surface area (Å²) >= 11 is 0. The summed E-state index contributed by atoms with van der Waals surface area (Å²) in [6.45, 7) is 0.304. The number of ether oxygens (including phenoxy) is 1. The summed E-state index contributed by atoms with van der Waals surface area (Å²) in [5.41, 5.74) is 7.73. The lowest BCUT2D eigenvalue weighted by Crippen LogP contribution is -2.42. The molecular weight excluding hydrogens is 332 g/mol. The first kappa shape index (κ1) is 17.4. The molecule has 0 unspecified atom stereocenters. The molecule has 0 radical (unpaired) electrons. The van der Waals surface area contributed by atoms with Crippen molar-refractivity contribution in [1.29, 1.82) is 0 Å². The van der Waals surface area contributed by atoms with Gasteiger partial charge in [0.05, 0.1) is 12.3 Å². The van der Waals surface area contributed by atoms with Crippen LogP contribution in [0.3, 0.4) is 0 Å². The number of carbonyl (C=O) groups excluding carboxylic acids is 2. The van der Waals surface area contributed by atoms with E-state index in [2.05, 4.69) is 21.0 Å². The zero-order valence-corrected chi connectivity index (χ0v) is 14.2. The average molecular weight is 350 g/mol. The zero-order chi connectivity index (χ0) is 18.4. The molecule has 0 spiro atoms. The van der Waals surface area contributed by atoms with Gasteiger partial charge in [0.25, 0.3) is 11.8 Å². The molecule has 0 bridgehead atoms. The molecule has 2 aromatic carbocycles. The SMILES string of the molecule is COCc1ccccc1C(=O)NNC(=O)c1cc(-c2ccccc2)n[nH]1. The number of hydrazine groups is 1. The monoisotopic (exact) mass is 350 g/mol. The minimum atomic E-state index is -0.489. The summed E-state index contributed by atoms with van der Waals surface area (Å²) in [7, 11) is 1.55. The van der Waals surface area contributed by atoms with E-state index in [1.807, 2.05) is 36.4 Å². The van der Waals surface area contributed by atoms with Crippen LogP contribution in [0.1, 0.15) is 26.4 Å². The van der Waals surface area contributed by atoms with E-state index in [0.29, 0.717) is 17.9 Å². The Balaban J connectivity index is 1.64. The fourth-order valence-corrected chi connectivity index (χ4v) is 2.47. The number of carbonyl (C=O) groups is 2. The molecule has 0 saturated heterocycles. The summed E-state index contributed by atoms with van der Waals surface area (Å²) in [4.78, 5) is 24.5. The van der Waals surface area contributed by atoms with Crippen molar-refractivity contribution in [2.45, 2.75) is 6.61 Å². The molecule has 0 fully saturated rings. The molecule has 3 aromatic rings. The third-order valence-electron chi connectivity index (χ3n) is 3.74. The Morgan fingerprint density at radius 3 is 2.46 bits per heavy atom. The number of nitrogens with one attached hydrogen (secondary N) is 3. The van der Waals surface area contributed by atoms with Crippen LogP contribution in [0.2, 0.25) is 0 Å². The Morgan fingerprint density at radius 2 is 1.69 bits per heavy atom. The Bertz CT molecular complexity index is 906. The van der Waals surface area contributed by atoms with Gasteiger partial charge < -0.3 is 4.74 Å². The topological polar surface area (TPSA) is 96.1 Å². The van der Waals surface area contributed by atoms with Gasteiger partial charge in [-0.1, -0.05) is 48.5 Å². The molecule has 7 heteroatoms. The number of benzene rings is 2. The Labute approximate surface area is 150 Å². The quantitative estimate of drug-likeness (QED) is 0.615. The number of rotatable bonds is 5. The maximum atomic E-state index is 12.3. The Hall–Kier alpha value is -3.45. The van der Waals surface area contributed by atoms with Crippen LogP contribution < -0.4 is 10.9 Å². The lowest BCUT2D eigenvalue weighted by Gasteiger charge is -2.10. The second-order valence-electron chi connectivity index (χ2n) is 5.53. The van der Waals surface area contributed by atoms with Crippen molar-refractivity contribution in [3.8, 4) is 11.3 Å². The average Bonchev–Trinajstić information content (AvgIpc) is 3.17. The van der Waals surface area contributed by atoms with Gasteiger partial charge in [-0.2, -0.15) is 5.10 Å². The molecule has 7 nitrogen and oxygen atoms in total. The van der Waals surface area contributed by atoms with Crippen LogP contribution in [-0.2, 0) is 11.3 Å². The number of hydrogen-bond donors (Lipinski definition) is 3. The fourth-order valence-electron chi connectivity index (χ4n) is 2.47. The van der Waals surface area contributed by atoms with E-state index in [-0.39, 0.29) is 5.69 Å². The van der Waals surface area contributed by atoms with Crippen LogP contribution in [0.4, 0.5) is 0 Å². The molecular formula is C19H18N4O3. The van der Waals surface area contributed by atoms with E-state index in [1.54, 1.807) is 31.4 Å². The lowest BCUT2D eigenvalue weighted by atomic mass is 10.1. The maximum absolute atomic E-state index is 12.3. The number of nitrogens with zero attached hydrogens (tertiary/aromatic N) is 1. The van der Waals surface area contributed by atoms with Crippen molar-refractivity contribution in [1.82, 2.24) is 21.0 Å². The van der Waals surface area contributed by atoms with E-state index in [4.69, 9.17) is 4.74 Å². The van der Waals surface area contributed by atoms with Gasteiger partial charge >= 0.3 is 0 Å². The van der Waals surface area contributed by atoms with Gasteiger partial charge in [0.2, 0.25) is 0 Å². The minimum Gasteiger partial charge on any atom is -0.380 e. The molecule has 0 atom stereocenters. The first-order valence-corrected chi connectivity index (χ1v) is 7.97. The zero-order valence-electron chi connectivity index (χ0n) is 14.2. The maximum Gasteiger partial charge on any atom is 0.287 e. The second-order valence-corrected chi connectivity index (χ2v) is 5.53. The highest BCUT2D eigenvalue weighted by Gasteiger charge is 2.14. The standard InChI is InChI=1S/C19H18N4O3/c1-26-12-14-9-5-6-10-15(14)18(24)22-23-19(25)17-11-16(20-21-17)13-7-3-2-4-8-13/h2-11H,12H2,1H3,(H,20,21)(H,22,24)(H,23,25). The van der Waals surface area contributed by atoms with Crippen molar-refractivity contribution in [3.63, 3.8) is 0 Å². The van der Waals surface area contributed by atoms with Gasteiger partial charge in [-0.15, -0.1) is 0 Å². The van der Waals surface area contributed by atoms with Gasteiger partial charge in [0.1, 0.15) is 5.69 Å². The third-order valence-corrected chi connectivity index (χ3v) is 3.74. The van der Waals surface area contributed by atoms with Gasteiger partial charge in [-0.05, 0) is 17.7 Å². The molecule has 1 aromatic heterocycles. The molecule has 0 aliphatic rings. The number of hydrogen-bond acceptors (Lipinski definition) is 4. The number of aromatic amines is 1. The summed E-state index contributed by atoms with van der Waals surface area (Å²) in [6, 6.07) is 18.1. The van der Waals surface area contributed by atoms with E-state index < -0.39 is 11.8 Å². The third kappa shape index (κ3) is 3.96. The number of amides is 2. The lowest BCUT2D eigenvalue weighted by molar-refractivity contribution is 0.0841. The summed E-state index contributed by atoms with van der Waals surface area (Å²) in [5, 5.41) is 6.78. The van der Waals surface area contributed by atoms with Gasteiger partial charge in [-0.3, -0.25) is 25.5 Å². The minimum absolute atomic E-state index is 0.245. The summed E-state index contributed by atoms with van der Waals surface area (Å²) in [6.07, 6.45) is 0. The molecule has 2 amide bonds. The number of aromatic nitrogens is 2. The first-order valence-electron chi connectivity index (χ1n) is 7.97. The highest BCUT2D eigenvalue weighted by molar-refractivity contribution is 5.99. The van der Waals surface area contributed by atoms with Gasteiger partial charge in [0.15, 0.2) is 0 Å². The molecule has 132 valence electrons. The van der Waals surface area contributed by atoms with Crippen LogP contribution in [0.15, 0.2) is 60.7 Å². The van der Waals surface area contributed by atoms with Crippen molar-refractivity contribution in [2.24, 2.45) is 0 Å². The van der Waals surface area contributed by atoms with Crippen LogP contribution in [0.25, 0.3) is 11.3 Å². The van der Waals surface area contributed by atoms with E-state index in [1.165, 1.54) is 0 Å². The van der Waals surface area contributed by atoms with Gasteiger partial charge in [0, 0.05) is 18.2 Å². The first-order chi connectivity index (χ1) is 12.7. The molecule has 0 aliphatic heterocycles. The van der Waals surface area contributed by atoms with E-state index in [9.17, 15) is 9.59 Å². The normalized spacial score (nSPS) is 10.3. The van der Waals surface area contributed by atoms with Crippen LogP contribution in [0, 0.1) is 0 Å². The van der Waals surface area contributed by atoms with E-state index >= 15 is 0 Å². The Kier molecular flexibility index (Phi) is 5.40. The highest BCUT2D eigenvalue weighted by atomic mass is 16.5. The van der Waals surface area contributed by atoms with Crippen LogP contribution >= 0.6 is 0 Å². The van der Waals surface area contributed by atoms with Crippen molar-refractivity contribution in [3.05, 3.63) is 77.5 Å². The predicted molar refractivity (Wildman–Crippen MR) is 96.1 cm³/mol. The molecule has 3 N–H and O–H groups in total. The molecule has 0 aliphatic carbocycles. The van der Waals surface area contributed by atoms with Crippen molar-refractivity contribution >= 4 is 11.8 Å². The fraction of sp³-hybridized carbons (Fsp3) is 0.105. The molecule has 0 saturated carbocycles. The predicted octanol–water partition coefficient (Wildman–Crippen LogP) is 2.30. The molecule has 3 rings (SSSR count). The van der Waals surface area contributed by atoms with Crippen LogP contribution in [-0.4, -0.2) is 29.1 Å². The number of methoxy groups -OCH3 is 1. The number of H-pyrrole nitrogens is 1.